The van der Waals surface area contributed by atoms with Crippen molar-refractivity contribution in [2.75, 3.05) is 44.2 Å². The molecule has 4 heterocycles. The van der Waals surface area contributed by atoms with Crippen LogP contribution in [0.4, 0.5) is 5.82 Å². The van der Waals surface area contributed by atoms with Gasteiger partial charge in [0.25, 0.3) is 0 Å². The summed E-state index contributed by atoms with van der Waals surface area (Å²) in [6, 6.07) is 3.26. The van der Waals surface area contributed by atoms with Crippen molar-refractivity contribution in [1.82, 2.24) is 14.2 Å². The second kappa shape index (κ2) is 9.03. The summed E-state index contributed by atoms with van der Waals surface area (Å²) in [5.41, 5.74) is 0.661. The Morgan fingerprint density at radius 3 is 2.19 bits per heavy atom. The summed E-state index contributed by atoms with van der Waals surface area (Å²) in [5.74, 6) is 0.598. The fourth-order valence-corrected chi connectivity index (χ4v) is 6.56. The van der Waals surface area contributed by atoms with Crippen molar-refractivity contribution >= 4 is 21.7 Å². The molecule has 0 aliphatic carbocycles. The zero-order valence-electron chi connectivity index (χ0n) is 19.8. The van der Waals surface area contributed by atoms with E-state index in [-0.39, 0.29) is 10.8 Å². The van der Waals surface area contributed by atoms with Crippen LogP contribution in [0.15, 0.2) is 23.2 Å². The molecule has 1 aromatic heterocycles. The monoisotopic (exact) mass is 462 g/mol. The van der Waals surface area contributed by atoms with Crippen LogP contribution in [0.5, 0.6) is 0 Å². The molecule has 3 aliphatic heterocycles. The summed E-state index contributed by atoms with van der Waals surface area (Å²) in [4.78, 5) is 20.6. The minimum absolute atomic E-state index is 0.0545. The van der Waals surface area contributed by atoms with Gasteiger partial charge in [0, 0.05) is 32.3 Å². The van der Waals surface area contributed by atoms with E-state index < -0.39 is 10.0 Å². The second-order valence-electron chi connectivity index (χ2n) is 11.1. The van der Waals surface area contributed by atoms with Crippen LogP contribution < -0.4 is 4.90 Å². The normalized spacial score (nSPS) is 23.2. The third-order valence-electron chi connectivity index (χ3n) is 7.59. The van der Waals surface area contributed by atoms with E-state index in [9.17, 15) is 13.2 Å². The molecule has 0 N–H and O–H groups in total. The highest BCUT2D eigenvalue weighted by atomic mass is 32.2. The topological polar surface area (TPSA) is 73.8 Å². The number of carbonyl (C=O) groups excluding carboxylic acids is 1. The molecule has 0 unspecified atom stereocenters. The SMILES string of the molecule is CC(C)(C)CCN1CCC2(CC1)CCN(S(=O)(=O)c1ccc(N3CCCC3=O)nc1)CC2. The van der Waals surface area contributed by atoms with E-state index in [1.54, 1.807) is 21.3 Å². The number of amides is 1. The predicted molar refractivity (Wildman–Crippen MR) is 126 cm³/mol. The molecule has 0 bridgehead atoms. The predicted octanol–water partition coefficient (Wildman–Crippen LogP) is 3.51. The molecule has 3 fully saturated rings. The molecule has 4 rings (SSSR count). The fraction of sp³-hybridized carbons (Fsp3) is 0.750. The van der Waals surface area contributed by atoms with Crippen LogP contribution in [0.3, 0.4) is 0 Å². The highest BCUT2D eigenvalue weighted by molar-refractivity contribution is 7.89. The maximum Gasteiger partial charge on any atom is 0.244 e. The van der Waals surface area contributed by atoms with E-state index in [2.05, 4.69) is 30.7 Å². The number of piperidine rings is 2. The van der Waals surface area contributed by atoms with E-state index in [0.717, 1.165) is 38.9 Å². The lowest BCUT2D eigenvalue weighted by molar-refractivity contribution is -0.117. The number of aromatic nitrogens is 1. The van der Waals surface area contributed by atoms with Gasteiger partial charge in [-0.1, -0.05) is 20.8 Å². The van der Waals surface area contributed by atoms with Crippen molar-refractivity contribution in [3.05, 3.63) is 18.3 Å². The molecule has 1 amide bonds. The van der Waals surface area contributed by atoms with Gasteiger partial charge in [0.1, 0.15) is 10.7 Å². The number of carbonyl (C=O) groups is 1. The molecule has 8 heteroatoms. The molecule has 0 aromatic carbocycles. The van der Waals surface area contributed by atoms with Gasteiger partial charge >= 0.3 is 0 Å². The Hall–Kier alpha value is -1.51. The summed E-state index contributed by atoms with van der Waals surface area (Å²) in [7, 11) is -3.55. The van der Waals surface area contributed by atoms with E-state index in [4.69, 9.17) is 0 Å². The summed E-state index contributed by atoms with van der Waals surface area (Å²) < 4.78 is 28.0. The summed E-state index contributed by atoms with van der Waals surface area (Å²) in [5, 5.41) is 0. The molecule has 0 saturated carbocycles. The summed E-state index contributed by atoms with van der Waals surface area (Å²) >= 11 is 0. The van der Waals surface area contributed by atoms with Crippen LogP contribution >= 0.6 is 0 Å². The summed E-state index contributed by atoms with van der Waals surface area (Å²) in [6.07, 6.45) is 8.20. The van der Waals surface area contributed by atoms with Gasteiger partial charge in [-0.25, -0.2) is 13.4 Å². The van der Waals surface area contributed by atoms with Crippen molar-refractivity contribution in [3.8, 4) is 0 Å². The first kappa shape index (κ1) is 23.6. The first-order valence-corrected chi connectivity index (χ1v) is 13.5. The number of rotatable bonds is 5. The zero-order chi connectivity index (χ0) is 23.0. The maximum absolute atomic E-state index is 13.2. The number of likely N-dealkylation sites (tertiary alicyclic amines) is 1. The first-order chi connectivity index (χ1) is 15.1. The van der Waals surface area contributed by atoms with Crippen LogP contribution in [-0.4, -0.2) is 67.8 Å². The molecule has 7 nitrogen and oxygen atoms in total. The molecular formula is C24H38N4O3S. The molecule has 32 heavy (non-hydrogen) atoms. The van der Waals surface area contributed by atoms with Crippen molar-refractivity contribution in [1.29, 1.82) is 0 Å². The third kappa shape index (κ3) is 5.18. The molecule has 3 saturated heterocycles. The quantitative estimate of drug-likeness (QED) is 0.669. The van der Waals surface area contributed by atoms with Crippen molar-refractivity contribution in [3.63, 3.8) is 0 Å². The Balaban J connectivity index is 1.32. The van der Waals surface area contributed by atoms with Crippen molar-refractivity contribution in [2.45, 2.75) is 70.6 Å². The van der Waals surface area contributed by atoms with Crippen LogP contribution in [-0.2, 0) is 14.8 Å². The average molecular weight is 463 g/mol. The van der Waals surface area contributed by atoms with Gasteiger partial charge in [0.2, 0.25) is 15.9 Å². The second-order valence-corrected chi connectivity index (χ2v) is 13.0. The van der Waals surface area contributed by atoms with Crippen molar-refractivity contribution < 1.29 is 13.2 Å². The molecule has 0 atom stereocenters. The standard InChI is InChI=1S/C24H38N4O3S/c1-23(2,3)8-14-26-15-9-24(10-16-26)11-17-27(18-12-24)32(30,31)20-6-7-21(25-19-20)28-13-4-5-22(28)29/h6-7,19H,4-5,8-18H2,1-3H3. The van der Waals surface area contributed by atoms with Gasteiger partial charge in [-0.3, -0.25) is 9.69 Å². The average Bonchev–Trinajstić information content (AvgIpc) is 3.19. The van der Waals surface area contributed by atoms with Crippen LogP contribution in [0.2, 0.25) is 0 Å². The molecule has 1 aromatic rings. The van der Waals surface area contributed by atoms with E-state index in [1.807, 2.05) is 0 Å². The van der Waals surface area contributed by atoms with Gasteiger partial charge in [0.05, 0.1) is 0 Å². The van der Waals surface area contributed by atoms with Crippen LogP contribution in [0.1, 0.15) is 65.7 Å². The maximum atomic E-state index is 13.2. The van der Waals surface area contributed by atoms with Crippen molar-refractivity contribution in [2.24, 2.45) is 10.8 Å². The molecule has 3 aliphatic rings. The largest absolute Gasteiger partial charge is 0.303 e. The van der Waals surface area contributed by atoms with Gasteiger partial charge < -0.3 is 4.90 Å². The number of hydrogen-bond acceptors (Lipinski definition) is 5. The highest BCUT2D eigenvalue weighted by Crippen LogP contribution is 2.42. The van der Waals surface area contributed by atoms with Gasteiger partial charge in [-0.15, -0.1) is 0 Å². The summed E-state index contributed by atoms with van der Waals surface area (Å²) in [6.45, 7) is 12.1. The van der Waals surface area contributed by atoms with Gasteiger partial charge in [-0.2, -0.15) is 4.31 Å². The Morgan fingerprint density at radius 2 is 1.66 bits per heavy atom. The first-order valence-electron chi connectivity index (χ1n) is 12.1. The lowest BCUT2D eigenvalue weighted by atomic mass is 9.71. The Labute approximate surface area is 193 Å². The Morgan fingerprint density at radius 1 is 1.00 bits per heavy atom. The number of pyridine rings is 1. The van der Waals surface area contributed by atoms with Gasteiger partial charge in [-0.05, 0) is 81.1 Å². The molecule has 1 spiro atoms. The number of hydrogen-bond donors (Lipinski definition) is 0. The van der Waals surface area contributed by atoms with Gasteiger partial charge in [0.15, 0.2) is 0 Å². The minimum Gasteiger partial charge on any atom is -0.303 e. The number of anilines is 1. The Kier molecular flexibility index (Phi) is 6.67. The fourth-order valence-electron chi connectivity index (χ4n) is 5.17. The molecular weight excluding hydrogens is 424 g/mol. The molecule has 0 radical (unpaired) electrons. The van der Waals surface area contributed by atoms with E-state index in [1.165, 1.54) is 25.5 Å². The third-order valence-corrected chi connectivity index (χ3v) is 9.47. The lowest BCUT2D eigenvalue weighted by Gasteiger charge is -2.46. The Bertz CT molecular complexity index is 906. The van der Waals surface area contributed by atoms with E-state index >= 15 is 0 Å². The smallest absolute Gasteiger partial charge is 0.244 e. The zero-order valence-corrected chi connectivity index (χ0v) is 20.7. The highest BCUT2D eigenvalue weighted by Gasteiger charge is 2.40. The lowest BCUT2D eigenvalue weighted by Crippen LogP contribution is -2.48. The number of nitrogens with zero attached hydrogens (tertiary/aromatic N) is 4. The van der Waals surface area contributed by atoms with Crippen LogP contribution in [0, 0.1) is 10.8 Å². The molecule has 178 valence electrons. The van der Waals surface area contributed by atoms with Crippen LogP contribution in [0.25, 0.3) is 0 Å². The number of sulfonamides is 1. The van der Waals surface area contributed by atoms with E-state index in [0.29, 0.717) is 42.7 Å². The minimum atomic E-state index is -3.55.